The van der Waals surface area contributed by atoms with Crippen molar-refractivity contribution in [2.75, 3.05) is 16.3 Å². The highest BCUT2D eigenvalue weighted by molar-refractivity contribution is 7.92. The van der Waals surface area contributed by atoms with E-state index in [2.05, 4.69) is 19.8 Å². The van der Waals surface area contributed by atoms with Gasteiger partial charge in [0.05, 0.1) is 17.6 Å². The van der Waals surface area contributed by atoms with Crippen molar-refractivity contribution in [1.29, 1.82) is 0 Å². The molecule has 0 radical (unpaired) electrons. The van der Waals surface area contributed by atoms with Crippen LogP contribution in [0.3, 0.4) is 0 Å². The van der Waals surface area contributed by atoms with E-state index in [9.17, 15) is 31.5 Å². The molecule has 0 spiro atoms. The molecule has 1 amide bonds. The molecule has 0 aliphatic heterocycles. The maximum absolute atomic E-state index is 12.4. The Bertz CT molecular complexity index is 1210. The van der Waals surface area contributed by atoms with Crippen LogP contribution in [-0.4, -0.2) is 37.0 Å². The molecule has 164 valence electrons. The number of anilines is 2. The number of thiazole rings is 1. The summed E-state index contributed by atoms with van der Waals surface area (Å²) in [4.78, 5) is 16.7. The van der Waals surface area contributed by atoms with Gasteiger partial charge in [-0.15, -0.1) is 24.5 Å². The van der Waals surface area contributed by atoms with Gasteiger partial charge in [-0.3, -0.25) is 14.8 Å². The van der Waals surface area contributed by atoms with Crippen LogP contribution in [0.2, 0.25) is 0 Å². The maximum Gasteiger partial charge on any atom is 0.573 e. The number of phenolic OH excluding ortho intramolecular Hbond substituents is 1. The highest BCUT2D eigenvalue weighted by Crippen LogP contribution is 2.29. The van der Waals surface area contributed by atoms with E-state index in [1.807, 2.05) is 0 Å². The Morgan fingerprint density at radius 3 is 2.45 bits per heavy atom. The smallest absolute Gasteiger partial charge is 0.506 e. The molecule has 3 N–H and O–H groups in total. The summed E-state index contributed by atoms with van der Waals surface area (Å²) in [5.41, 5.74) is 0.838. The molecule has 0 unspecified atom stereocenters. The Morgan fingerprint density at radius 1 is 1.16 bits per heavy atom. The van der Waals surface area contributed by atoms with E-state index in [0.717, 1.165) is 29.7 Å². The summed E-state index contributed by atoms with van der Waals surface area (Å²) in [6.07, 6.45) is -3.89. The quantitative estimate of drug-likeness (QED) is 0.465. The molecule has 3 rings (SSSR count). The number of benzene rings is 2. The van der Waals surface area contributed by atoms with Crippen molar-refractivity contribution in [1.82, 2.24) is 4.98 Å². The Labute approximate surface area is 178 Å². The molecule has 0 atom stereocenters. The van der Waals surface area contributed by atoms with Crippen LogP contribution >= 0.6 is 11.3 Å². The minimum atomic E-state index is -4.79. The number of amides is 1. The number of sulfonamides is 1. The zero-order valence-electron chi connectivity index (χ0n) is 15.6. The number of hydrogen-bond donors (Lipinski definition) is 3. The second-order valence-corrected chi connectivity index (χ2v) is 8.78. The Kier molecular flexibility index (Phi) is 6.08. The highest BCUT2D eigenvalue weighted by atomic mass is 32.2. The van der Waals surface area contributed by atoms with Crippen LogP contribution in [0.4, 0.5) is 24.0 Å². The van der Waals surface area contributed by atoms with Gasteiger partial charge in [0.2, 0.25) is 10.0 Å². The molecule has 0 aliphatic rings. The SMILES string of the molecule is CS(=O)(=O)Nc1cc(C(=O)Nc2nc(-c3ccc(OC(F)(F)F)cc3)cs2)ccc1O. The maximum atomic E-state index is 12.4. The first-order valence-corrected chi connectivity index (χ1v) is 11.1. The lowest BCUT2D eigenvalue weighted by Crippen LogP contribution is -2.16. The zero-order valence-corrected chi connectivity index (χ0v) is 17.2. The van der Waals surface area contributed by atoms with E-state index in [0.29, 0.717) is 11.3 Å². The fourth-order valence-electron chi connectivity index (χ4n) is 2.42. The normalized spacial score (nSPS) is 11.7. The number of aromatic hydroxyl groups is 1. The number of carbonyl (C=O) groups excluding carboxylic acids is 1. The minimum absolute atomic E-state index is 0.0642. The fraction of sp³-hybridized carbons (Fsp3) is 0.111. The van der Waals surface area contributed by atoms with Gasteiger partial charge in [0.1, 0.15) is 11.5 Å². The average molecular weight is 473 g/mol. The molecule has 2 aromatic carbocycles. The third-order valence-corrected chi connectivity index (χ3v) is 5.01. The van der Waals surface area contributed by atoms with E-state index in [4.69, 9.17) is 0 Å². The number of phenols is 1. The third kappa shape index (κ3) is 6.33. The van der Waals surface area contributed by atoms with Gasteiger partial charge < -0.3 is 9.84 Å². The van der Waals surface area contributed by atoms with Crippen LogP contribution in [0.5, 0.6) is 11.5 Å². The summed E-state index contributed by atoms with van der Waals surface area (Å²) < 4.78 is 65.3. The van der Waals surface area contributed by atoms with Crippen LogP contribution < -0.4 is 14.8 Å². The van der Waals surface area contributed by atoms with Gasteiger partial charge in [0, 0.05) is 16.5 Å². The van der Waals surface area contributed by atoms with Crippen molar-refractivity contribution in [3.8, 4) is 22.8 Å². The zero-order chi connectivity index (χ0) is 22.8. The molecule has 1 aromatic heterocycles. The molecule has 31 heavy (non-hydrogen) atoms. The molecular weight excluding hydrogens is 459 g/mol. The predicted octanol–water partition coefficient (Wildman–Crippen LogP) is 4.04. The molecule has 0 fully saturated rings. The monoisotopic (exact) mass is 473 g/mol. The van der Waals surface area contributed by atoms with E-state index < -0.39 is 22.3 Å². The van der Waals surface area contributed by atoms with Gasteiger partial charge in [-0.1, -0.05) is 0 Å². The molecular formula is C18H14F3N3O5S2. The molecule has 8 nitrogen and oxygen atoms in total. The van der Waals surface area contributed by atoms with Gasteiger partial charge in [0.15, 0.2) is 5.13 Å². The Morgan fingerprint density at radius 2 is 1.84 bits per heavy atom. The van der Waals surface area contributed by atoms with Crippen LogP contribution in [-0.2, 0) is 10.0 Å². The molecule has 0 saturated carbocycles. The van der Waals surface area contributed by atoms with Crippen molar-refractivity contribution in [3.63, 3.8) is 0 Å². The van der Waals surface area contributed by atoms with Gasteiger partial charge in [-0.05, 0) is 42.5 Å². The number of nitrogens with one attached hydrogen (secondary N) is 2. The second kappa shape index (κ2) is 8.43. The van der Waals surface area contributed by atoms with Crippen LogP contribution in [0.15, 0.2) is 47.8 Å². The summed E-state index contributed by atoms with van der Waals surface area (Å²) in [5.74, 6) is -1.33. The van der Waals surface area contributed by atoms with Crippen LogP contribution in [0.1, 0.15) is 10.4 Å². The predicted molar refractivity (Wildman–Crippen MR) is 109 cm³/mol. The van der Waals surface area contributed by atoms with Crippen molar-refractivity contribution in [2.45, 2.75) is 6.36 Å². The lowest BCUT2D eigenvalue weighted by atomic mass is 10.2. The summed E-state index contributed by atoms with van der Waals surface area (Å²) in [6, 6.07) is 8.71. The summed E-state index contributed by atoms with van der Waals surface area (Å²) in [5, 5.41) is 14.1. The average Bonchev–Trinajstić information content (AvgIpc) is 3.10. The van der Waals surface area contributed by atoms with Gasteiger partial charge in [-0.2, -0.15) is 0 Å². The highest BCUT2D eigenvalue weighted by Gasteiger charge is 2.31. The first-order chi connectivity index (χ1) is 14.4. The van der Waals surface area contributed by atoms with Crippen molar-refractivity contribution >= 4 is 38.1 Å². The summed E-state index contributed by atoms with van der Waals surface area (Å²) >= 11 is 1.08. The first-order valence-electron chi connectivity index (χ1n) is 8.33. The summed E-state index contributed by atoms with van der Waals surface area (Å²) in [7, 11) is -3.66. The number of alkyl halides is 3. The number of carbonyl (C=O) groups is 1. The molecule has 0 aliphatic carbocycles. The Hall–Kier alpha value is -3.32. The number of rotatable bonds is 6. The fourth-order valence-corrected chi connectivity index (χ4v) is 3.70. The molecule has 1 heterocycles. The number of halogens is 3. The Balaban J connectivity index is 1.72. The van der Waals surface area contributed by atoms with Crippen molar-refractivity contribution in [2.24, 2.45) is 0 Å². The molecule has 0 saturated heterocycles. The number of nitrogens with zero attached hydrogens (tertiary/aromatic N) is 1. The second-order valence-electron chi connectivity index (χ2n) is 6.17. The molecule has 3 aromatic rings. The number of ether oxygens (including phenoxy) is 1. The minimum Gasteiger partial charge on any atom is -0.506 e. The van der Waals surface area contributed by atoms with Gasteiger partial charge >= 0.3 is 6.36 Å². The van der Waals surface area contributed by atoms with Crippen LogP contribution in [0, 0.1) is 0 Å². The lowest BCUT2D eigenvalue weighted by Gasteiger charge is -2.09. The van der Waals surface area contributed by atoms with Gasteiger partial charge in [0.25, 0.3) is 5.91 Å². The van der Waals surface area contributed by atoms with E-state index >= 15 is 0 Å². The largest absolute Gasteiger partial charge is 0.573 e. The van der Waals surface area contributed by atoms with Gasteiger partial charge in [-0.25, -0.2) is 13.4 Å². The summed E-state index contributed by atoms with van der Waals surface area (Å²) in [6.45, 7) is 0. The van der Waals surface area contributed by atoms with Crippen LogP contribution in [0.25, 0.3) is 11.3 Å². The number of hydrogen-bond acceptors (Lipinski definition) is 7. The number of aromatic nitrogens is 1. The standard InChI is InChI=1S/C18H14F3N3O5S2/c1-31(27,28)24-13-8-11(4-7-15(13)25)16(26)23-17-22-14(9-30-17)10-2-5-12(6-3-10)29-18(19,20)21/h2-9,24-25H,1H3,(H,22,23,26). The van der Waals surface area contributed by atoms with E-state index in [-0.39, 0.29) is 27.9 Å². The lowest BCUT2D eigenvalue weighted by molar-refractivity contribution is -0.274. The van der Waals surface area contributed by atoms with Crippen molar-refractivity contribution < 1.29 is 36.2 Å². The van der Waals surface area contributed by atoms with E-state index in [1.54, 1.807) is 5.38 Å². The third-order valence-electron chi connectivity index (χ3n) is 3.66. The van der Waals surface area contributed by atoms with E-state index in [1.165, 1.54) is 30.3 Å². The van der Waals surface area contributed by atoms with Crippen molar-refractivity contribution in [3.05, 3.63) is 53.4 Å². The molecule has 0 bridgehead atoms. The molecule has 13 heteroatoms. The topological polar surface area (TPSA) is 118 Å². The first kappa shape index (κ1) is 22.4.